The molecule has 8 nitrogen and oxygen atoms in total. The molecule has 2 aromatic heterocycles. The average molecular weight is 404 g/mol. The molecular formula is C19H25N5O3S. The number of hydrogen-bond donors (Lipinski definition) is 1. The number of carbonyl (C=O) groups is 2. The van der Waals surface area contributed by atoms with Gasteiger partial charge in [0.1, 0.15) is 5.76 Å². The topological polar surface area (TPSA) is 91.6 Å². The first-order valence-electron chi connectivity index (χ1n) is 9.89. The predicted octanol–water partition coefficient (Wildman–Crippen LogP) is 2.22. The Morgan fingerprint density at radius 3 is 2.96 bits per heavy atom. The molecule has 0 radical (unpaired) electrons. The number of anilines is 2. The molecule has 0 aromatic carbocycles. The molecule has 2 amide bonds. The molecule has 2 fully saturated rings. The molecule has 28 heavy (non-hydrogen) atoms. The minimum atomic E-state index is -0.0434. The van der Waals surface area contributed by atoms with Gasteiger partial charge < -0.3 is 14.6 Å². The Morgan fingerprint density at radius 2 is 2.18 bits per heavy atom. The van der Waals surface area contributed by atoms with Crippen molar-refractivity contribution in [2.24, 2.45) is 5.92 Å². The van der Waals surface area contributed by atoms with Gasteiger partial charge in [0.05, 0.1) is 12.2 Å². The smallest absolute Gasteiger partial charge is 0.228 e. The first-order valence-corrected chi connectivity index (χ1v) is 10.7. The highest BCUT2D eigenvalue weighted by molar-refractivity contribution is 7.19. The molecule has 150 valence electrons. The third kappa shape index (κ3) is 4.35. The summed E-state index contributed by atoms with van der Waals surface area (Å²) in [6.07, 6.45) is 6.65. The minimum absolute atomic E-state index is 0.0434. The van der Waals surface area contributed by atoms with Gasteiger partial charge in [0.2, 0.25) is 22.1 Å². The van der Waals surface area contributed by atoms with E-state index in [1.165, 1.54) is 11.3 Å². The Morgan fingerprint density at radius 1 is 1.29 bits per heavy atom. The number of nitrogens with one attached hydrogen (secondary N) is 1. The molecule has 4 rings (SSSR count). The van der Waals surface area contributed by atoms with E-state index in [0.29, 0.717) is 24.6 Å². The fourth-order valence-corrected chi connectivity index (χ4v) is 4.66. The van der Waals surface area contributed by atoms with Crippen molar-refractivity contribution in [1.29, 1.82) is 0 Å². The Balaban J connectivity index is 1.27. The summed E-state index contributed by atoms with van der Waals surface area (Å²) in [4.78, 5) is 28.3. The van der Waals surface area contributed by atoms with Crippen molar-refractivity contribution in [2.45, 2.75) is 38.5 Å². The summed E-state index contributed by atoms with van der Waals surface area (Å²) < 4.78 is 5.31. The lowest BCUT2D eigenvalue weighted by atomic mass is 9.97. The van der Waals surface area contributed by atoms with Crippen LogP contribution in [0.2, 0.25) is 0 Å². The lowest BCUT2D eigenvalue weighted by Crippen LogP contribution is -2.43. The molecule has 2 aromatic rings. The molecule has 0 aliphatic carbocycles. The van der Waals surface area contributed by atoms with Gasteiger partial charge in [-0.05, 0) is 37.8 Å². The third-order valence-electron chi connectivity index (χ3n) is 5.25. The number of piperidine rings is 1. The molecule has 0 spiro atoms. The van der Waals surface area contributed by atoms with Gasteiger partial charge in [0.25, 0.3) is 0 Å². The first-order chi connectivity index (χ1) is 13.7. The van der Waals surface area contributed by atoms with Crippen molar-refractivity contribution in [1.82, 2.24) is 15.5 Å². The van der Waals surface area contributed by atoms with Crippen LogP contribution in [-0.4, -0.2) is 48.2 Å². The summed E-state index contributed by atoms with van der Waals surface area (Å²) in [6.45, 7) is 2.88. The quantitative estimate of drug-likeness (QED) is 0.713. The van der Waals surface area contributed by atoms with E-state index < -0.39 is 0 Å². The zero-order chi connectivity index (χ0) is 19.3. The van der Waals surface area contributed by atoms with Gasteiger partial charge in [-0.1, -0.05) is 11.3 Å². The summed E-state index contributed by atoms with van der Waals surface area (Å²) >= 11 is 1.44. The highest BCUT2D eigenvalue weighted by Crippen LogP contribution is 2.32. The van der Waals surface area contributed by atoms with Crippen LogP contribution >= 0.6 is 11.3 Å². The van der Waals surface area contributed by atoms with Gasteiger partial charge in [0.15, 0.2) is 0 Å². The molecule has 0 bridgehead atoms. The Hall–Kier alpha value is -2.42. The van der Waals surface area contributed by atoms with Crippen LogP contribution in [0.25, 0.3) is 0 Å². The number of rotatable bonds is 7. The Labute approximate surface area is 167 Å². The molecule has 2 aliphatic heterocycles. The zero-order valence-electron chi connectivity index (χ0n) is 15.8. The first kappa shape index (κ1) is 18.9. The number of nitrogens with zero attached hydrogens (tertiary/aromatic N) is 4. The highest BCUT2D eigenvalue weighted by atomic mass is 32.1. The van der Waals surface area contributed by atoms with E-state index >= 15 is 0 Å². The highest BCUT2D eigenvalue weighted by Gasteiger charge is 2.29. The van der Waals surface area contributed by atoms with E-state index in [1.54, 1.807) is 11.2 Å². The third-order valence-corrected chi connectivity index (χ3v) is 6.26. The summed E-state index contributed by atoms with van der Waals surface area (Å²) in [5, 5.41) is 13.0. The molecular weight excluding hydrogens is 378 g/mol. The molecule has 0 saturated carbocycles. The standard InChI is InChI=1S/C19H25N5O3S/c25-16-8-3-11-24(16)19-22-21-18(28-19)23-10-2-5-14(13-23)17(26)20-9-1-6-15-7-4-12-27-15/h4,7,12,14H,1-3,5-6,8-11,13H2,(H,20,26)/t14-/m0/s1. The van der Waals surface area contributed by atoms with E-state index in [2.05, 4.69) is 20.4 Å². The van der Waals surface area contributed by atoms with Crippen LogP contribution in [-0.2, 0) is 16.0 Å². The number of furan rings is 1. The van der Waals surface area contributed by atoms with Crippen LogP contribution in [0.3, 0.4) is 0 Å². The molecule has 9 heteroatoms. The Bertz CT molecular complexity index is 806. The normalized spacial score (nSPS) is 20.0. The molecule has 1 atom stereocenters. The summed E-state index contributed by atoms with van der Waals surface area (Å²) in [5.41, 5.74) is 0. The molecule has 0 unspecified atom stereocenters. The monoisotopic (exact) mass is 403 g/mol. The summed E-state index contributed by atoms with van der Waals surface area (Å²) in [5.74, 6) is 1.12. The van der Waals surface area contributed by atoms with E-state index in [1.807, 2.05) is 12.1 Å². The van der Waals surface area contributed by atoms with E-state index in [4.69, 9.17) is 4.42 Å². The number of aromatic nitrogens is 2. The van der Waals surface area contributed by atoms with Crippen molar-refractivity contribution in [2.75, 3.05) is 36.0 Å². The van der Waals surface area contributed by atoms with Crippen molar-refractivity contribution in [3.63, 3.8) is 0 Å². The van der Waals surface area contributed by atoms with Gasteiger partial charge in [-0.2, -0.15) is 0 Å². The predicted molar refractivity (Wildman–Crippen MR) is 106 cm³/mol. The fourth-order valence-electron chi connectivity index (χ4n) is 3.73. The maximum absolute atomic E-state index is 12.5. The molecule has 1 N–H and O–H groups in total. The van der Waals surface area contributed by atoms with Gasteiger partial charge >= 0.3 is 0 Å². The second kappa shape index (κ2) is 8.72. The van der Waals surface area contributed by atoms with Crippen LogP contribution < -0.4 is 15.1 Å². The number of hydrogen-bond acceptors (Lipinski definition) is 7. The van der Waals surface area contributed by atoms with Crippen LogP contribution in [0.4, 0.5) is 10.3 Å². The van der Waals surface area contributed by atoms with Crippen molar-refractivity contribution in [3.8, 4) is 0 Å². The van der Waals surface area contributed by atoms with Crippen LogP contribution in [0, 0.1) is 5.92 Å². The van der Waals surface area contributed by atoms with Crippen LogP contribution in [0.5, 0.6) is 0 Å². The molecule has 2 saturated heterocycles. The molecule has 4 heterocycles. The van der Waals surface area contributed by atoms with E-state index in [-0.39, 0.29) is 17.7 Å². The maximum atomic E-state index is 12.5. The molecule has 2 aliphatic rings. The number of carbonyl (C=O) groups excluding carboxylic acids is 2. The second-order valence-corrected chi connectivity index (χ2v) is 8.21. The van der Waals surface area contributed by atoms with Gasteiger partial charge in [-0.25, -0.2) is 0 Å². The summed E-state index contributed by atoms with van der Waals surface area (Å²) in [6, 6.07) is 3.83. The Kier molecular flexibility index (Phi) is 5.90. The van der Waals surface area contributed by atoms with Crippen LogP contribution in [0.15, 0.2) is 22.8 Å². The van der Waals surface area contributed by atoms with Crippen molar-refractivity contribution >= 4 is 33.4 Å². The summed E-state index contributed by atoms with van der Waals surface area (Å²) in [7, 11) is 0. The zero-order valence-corrected chi connectivity index (χ0v) is 16.6. The number of amides is 2. The van der Waals surface area contributed by atoms with Crippen molar-refractivity contribution in [3.05, 3.63) is 24.2 Å². The second-order valence-electron chi connectivity index (χ2n) is 7.28. The van der Waals surface area contributed by atoms with Gasteiger partial charge in [0, 0.05) is 39.0 Å². The van der Waals surface area contributed by atoms with E-state index in [9.17, 15) is 9.59 Å². The van der Waals surface area contributed by atoms with E-state index in [0.717, 1.165) is 56.1 Å². The largest absolute Gasteiger partial charge is 0.469 e. The van der Waals surface area contributed by atoms with Crippen molar-refractivity contribution < 1.29 is 14.0 Å². The van der Waals surface area contributed by atoms with Gasteiger partial charge in [-0.3, -0.25) is 14.5 Å². The van der Waals surface area contributed by atoms with Gasteiger partial charge in [-0.15, -0.1) is 10.2 Å². The minimum Gasteiger partial charge on any atom is -0.469 e. The number of aryl methyl sites for hydroxylation is 1. The fraction of sp³-hybridized carbons (Fsp3) is 0.579. The lowest BCUT2D eigenvalue weighted by Gasteiger charge is -2.31. The lowest BCUT2D eigenvalue weighted by molar-refractivity contribution is -0.125. The average Bonchev–Trinajstić information content (AvgIpc) is 3.46. The maximum Gasteiger partial charge on any atom is 0.228 e. The van der Waals surface area contributed by atoms with Crippen LogP contribution in [0.1, 0.15) is 37.9 Å². The SMILES string of the molecule is O=C(NCCCc1ccco1)[C@H]1CCCN(c2nnc(N3CCCC3=O)s2)C1.